The highest BCUT2D eigenvalue weighted by molar-refractivity contribution is 6.39. The Morgan fingerprint density at radius 2 is 1.89 bits per heavy atom. The van der Waals surface area contributed by atoms with Crippen LogP contribution in [-0.2, 0) is 0 Å². The molecule has 0 radical (unpaired) electrons. The lowest BCUT2D eigenvalue weighted by atomic mass is 10.0. The van der Waals surface area contributed by atoms with Crippen molar-refractivity contribution >= 4 is 34.6 Å². The number of nitrogens with zero attached hydrogens (tertiary/aromatic N) is 1. The summed E-state index contributed by atoms with van der Waals surface area (Å²) in [7, 11) is 0. The number of nitro groups is 1. The molecule has 0 saturated carbocycles. The second-order valence-corrected chi connectivity index (χ2v) is 5.34. The van der Waals surface area contributed by atoms with Crippen LogP contribution in [0.4, 0.5) is 11.4 Å². The summed E-state index contributed by atoms with van der Waals surface area (Å²) in [6.45, 7) is 3.76. The number of aliphatic hydroxyl groups is 1. The normalized spacial score (nSPS) is 11.4. The summed E-state index contributed by atoms with van der Waals surface area (Å²) < 4.78 is 0. The van der Waals surface area contributed by atoms with E-state index in [1.54, 1.807) is 0 Å². The topological polar surface area (TPSA) is 75.4 Å². The third kappa shape index (κ3) is 3.73. The Balaban J connectivity index is 3.08. The van der Waals surface area contributed by atoms with Gasteiger partial charge >= 0.3 is 0 Å². The van der Waals surface area contributed by atoms with Crippen LogP contribution in [-0.4, -0.2) is 22.2 Å². The van der Waals surface area contributed by atoms with Gasteiger partial charge in [0.15, 0.2) is 0 Å². The first kappa shape index (κ1) is 15.0. The van der Waals surface area contributed by atoms with E-state index in [0.29, 0.717) is 12.1 Å². The summed E-state index contributed by atoms with van der Waals surface area (Å²) in [5.41, 5.74) is -0.143. The monoisotopic (exact) mass is 292 g/mol. The van der Waals surface area contributed by atoms with Crippen LogP contribution in [0.2, 0.25) is 10.0 Å². The van der Waals surface area contributed by atoms with Gasteiger partial charge in [-0.3, -0.25) is 10.1 Å². The average Bonchev–Trinajstić information content (AvgIpc) is 2.22. The Morgan fingerprint density at radius 3 is 2.28 bits per heavy atom. The van der Waals surface area contributed by atoms with Gasteiger partial charge in [-0.15, -0.1) is 0 Å². The molecule has 18 heavy (non-hydrogen) atoms. The first-order valence-electron chi connectivity index (χ1n) is 5.29. The van der Waals surface area contributed by atoms with Gasteiger partial charge in [-0.25, -0.2) is 0 Å². The highest BCUT2D eigenvalue weighted by Crippen LogP contribution is 2.36. The molecule has 5 nitrogen and oxygen atoms in total. The van der Waals surface area contributed by atoms with Gasteiger partial charge in [-0.05, 0) is 20.3 Å². The molecule has 0 aliphatic carbocycles. The minimum Gasteiger partial charge on any atom is -0.396 e. The molecule has 100 valence electrons. The summed E-state index contributed by atoms with van der Waals surface area (Å²) in [6.07, 6.45) is 0.497. The van der Waals surface area contributed by atoms with Gasteiger partial charge in [0, 0.05) is 24.3 Å². The molecule has 0 heterocycles. The molecule has 1 aromatic rings. The van der Waals surface area contributed by atoms with Crippen molar-refractivity contribution < 1.29 is 10.0 Å². The molecule has 0 fully saturated rings. The van der Waals surface area contributed by atoms with Crippen molar-refractivity contribution in [2.24, 2.45) is 0 Å². The van der Waals surface area contributed by atoms with Gasteiger partial charge < -0.3 is 10.4 Å². The maximum Gasteiger partial charge on any atom is 0.272 e. The predicted molar refractivity (Wildman–Crippen MR) is 72.5 cm³/mol. The smallest absolute Gasteiger partial charge is 0.272 e. The molecule has 0 amide bonds. The van der Waals surface area contributed by atoms with E-state index in [1.165, 1.54) is 12.1 Å². The molecule has 1 rings (SSSR count). The molecule has 0 atom stereocenters. The van der Waals surface area contributed by atoms with E-state index in [2.05, 4.69) is 5.32 Å². The molecule has 0 aliphatic heterocycles. The Bertz CT molecular complexity index is 441. The quantitative estimate of drug-likeness (QED) is 0.643. The van der Waals surface area contributed by atoms with Gasteiger partial charge in [0.1, 0.15) is 0 Å². The molecule has 7 heteroatoms. The first-order chi connectivity index (χ1) is 8.26. The molecule has 1 aromatic carbocycles. The fraction of sp³-hybridized carbons (Fsp3) is 0.455. The zero-order valence-corrected chi connectivity index (χ0v) is 11.5. The van der Waals surface area contributed by atoms with Crippen LogP contribution in [0.1, 0.15) is 20.3 Å². The molecule has 0 unspecified atom stereocenters. The third-order valence-electron chi connectivity index (χ3n) is 2.44. The largest absolute Gasteiger partial charge is 0.396 e. The van der Waals surface area contributed by atoms with E-state index in [-0.39, 0.29) is 22.3 Å². The number of rotatable bonds is 5. The minimum atomic E-state index is -0.555. The SMILES string of the molecule is CC(C)(CCO)Nc1c(Cl)cc([N+](=O)[O-])cc1Cl. The molecule has 0 saturated heterocycles. The van der Waals surface area contributed by atoms with Crippen LogP contribution in [0, 0.1) is 10.1 Å². The summed E-state index contributed by atoms with van der Waals surface area (Å²) in [6, 6.07) is 2.48. The summed E-state index contributed by atoms with van der Waals surface area (Å²) in [5.74, 6) is 0. The van der Waals surface area contributed by atoms with Crippen LogP contribution in [0.25, 0.3) is 0 Å². The molecular weight excluding hydrogens is 279 g/mol. The van der Waals surface area contributed by atoms with E-state index in [1.807, 2.05) is 13.8 Å². The molecule has 0 spiro atoms. The highest BCUT2D eigenvalue weighted by Gasteiger charge is 2.21. The molecular formula is C11H14Cl2N2O3. The molecule has 2 N–H and O–H groups in total. The first-order valence-corrected chi connectivity index (χ1v) is 6.05. The Labute approximate surface area is 115 Å². The van der Waals surface area contributed by atoms with Crippen LogP contribution >= 0.6 is 23.2 Å². The van der Waals surface area contributed by atoms with E-state index < -0.39 is 10.5 Å². The number of benzene rings is 1. The van der Waals surface area contributed by atoms with Crippen LogP contribution in [0.15, 0.2) is 12.1 Å². The van der Waals surface area contributed by atoms with Gasteiger partial charge in [0.25, 0.3) is 5.69 Å². The maximum absolute atomic E-state index is 10.6. The molecule has 0 bridgehead atoms. The van der Waals surface area contributed by atoms with E-state index in [4.69, 9.17) is 28.3 Å². The lowest BCUT2D eigenvalue weighted by molar-refractivity contribution is -0.384. The number of hydrogen-bond donors (Lipinski definition) is 2. The number of non-ortho nitro benzene ring substituents is 1. The van der Waals surface area contributed by atoms with Gasteiger partial charge in [-0.2, -0.15) is 0 Å². The van der Waals surface area contributed by atoms with Crippen LogP contribution in [0.5, 0.6) is 0 Å². The van der Waals surface area contributed by atoms with E-state index in [0.717, 1.165) is 0 Å². The second kappa shape index (κ2) is 5.73. The van der Waals surface area contributed by atoms with Crippen molar-refractivity contribution in [3.8, 4) is 0 Å². The standard InChI is InChI=1S/C11H14Cl2N2O3/c1-11(2,3-4-16)14-10-8(12)5-7(15(17)18)6-9(10)13/h5-6,14,16H,3-4H2,1-2H3. The number of aliphatic hydroxyl groups excluding tert-OH is 1. The lowest BCUT2D eigenvalue weighted by Gasteiger charge is -2.27. The highest BCUT2D eigenvalue weighted by atomic mass is 35.5. The lowest BCUT2D eigenvalue weighted by Crippen LogP contribution is -2.32. The second-order valence-electron chi connectivity index (χ2n) is 4.52. The maximum atomic E-state index is 10.6. The number of anilines is 1. The number of nitrogens with one attached hydrogen (secondary N) is 1. The Hall–Kier alpha value is -1.04. The zero-order valence-electron chi connectivity index (χ0n) is 10.0. The summed E-state index contributed by atoms with van der Waals surface area (Å²) >= 11 is 11.9. The number of nitro benzene ring substituents is 1. The number of halogens is 2. The summed E-state index contributed by atoms with van der Waals surface area (Å²) in [5, 5.41) is 23.0. The van der Waals surface area contributed by atoms with Crippen molar-refractivity contribution in [3.63, 3.8) is 0 Å². The van der Waals surface area contributed by atoms with Gasteiger partial charge in [0.05, 0.1) is 20.7 Å². The van der Waals surface area contributed by atoms with Gasteiger partial charge in [0.2, 0.25) is 0 Å². The fourth-order valence-corrected chi connectivity index (χ4v) is 2.04. The van der Waals surface area contributed by atoms with Crippen molar-refractivity contribution in [1.29, 1.82) is 0 Å². The van der Waals surface area contributed by atoms with Crippen LogP contribution < -0.4 is 5.32 Å². The predicted octanol–water partition coefficient (Wildman–Crippen LogP) is 3.47. The fourth-order valence-electron chi connectivity index (χ4n) is 1.46. The van der Waals surface area contributed by atoms with Gasteiger partial charge in [-0.1, -0.05) is 23.2 Å². The van der Waals surface area contributed by atoms with Crippen molar-refractivity contribution in [2.75, 3.05) is 11.9 Å². The van der Waals surface area contributed by atoms with E-state index in [9.17, 15) is 10.1 Å². The average molecular weight is 293 g/mol. The number of hydrogen-bond acceptors (Lipinski definition) is 4. The third-order valence-corrected chi connectivity index (χ3v) is 3.03. The van der Waals surface area contributed by atoms with E-state index >= 15 is 0 Å². The zero-order chi connectivity index (χ0) is 13.9. The Morgan fingerprint density at radius 1 is 1.39 bits per heavy atom. The molecule has 0 aromatic heterocycles. The van der Waals surface area contributed by atoms with Crippen molar-refractivity contribution in [1.82, 2.24) is 0 Å². The Kier molecular flexibility index (Phi) is 4.78. The minimum absolute atomic E-state index is 0.0161. The molecule has 0 aliphatic rings. The van der Waals surface area contributed by atoms with Crippen LogP contribution in [0.3, 0.4) is 0 Å². The van der Waals surface area contributed by atoms with Crippen molar-refractivity contribution in [2.45, 2.75) is 25.8 Å². The summed E-state index contributed by atoms with van der Waals surface area (Å²) in [4.78, 5) is 10.1. The van der Waals surface area contributed by atoms with Crippen molar-refractivity contribution in [3.05, 3.63) is 32.3 Å².